The molecule has 0 heterocycles. The summed E-state index contributed by atoms with van der Waals surface area (Å²) in [4.78, 5) is 0. The lowest BCUT2D eigenvalue weighted by atomic mass is 10.0. The van der Waals surface area contributed by atoms with E-state index in [0.717, 1.165) is 16.9 Å². The number of hydrogen-bond donors (Lipinski definition) is 0. The van der Waals surface area contributed by atoms with Crippen molar-refractivity contribution in [3.05, 3.63) is 63.2 Å². The van der Waals surface area contributed by atoms with Crippen molar-refractivity contribution in [2.45, 2.75) is 12.3 Å². The van der Waals surface area contributed by atoms with Gasteiger partial charge >= 0.3 is 0 Å². The number of rotatable bonds is 4. The molecule has 0 bridgehead atoms. The van der Waals surface area contributed by atoms with Crippen molar-refractivity contribution >= 4 is 34.2 Å². The molecule has 0 amide bonds. The van der Waals surface area contributed by atoms with Crippen molar-refractivity contribution in [1.82, 2.24) is 0 Å². The Bertz CT molecular complexity index is 493. The quantitative estimate of drug-likeness (QED) is 0.541. The van der Waals surface area contributed by atoms with E-state index < -0.39 is 0 Å². The van der Waals surface area contributed by atoms with Crippen LogP contribution in [0.2, 0.25) is 0 Å². The topological polar surface area (TPSA) is 9.23 Å². The minimum atomic E-state index is -0.113. The Morgan fingerprint density at radius 3 is 2.00 bits per heavy atom. The van der Waals surface area contributed by atoms with Crippen LogP contribution in [0.25, 0.3) is 0 Å². The third kappa shape index (κ3) is 3.39. The van der Waals surface area contributed by atoms with Gasteiger partial charge in [-0.15, -0.1) is 11.6 Å². The summed E-state index contributed by atoms with van der Waals surface area (Å²) in [5.74, 6) is 0.882. The van der Waals surface area contributed by atoms with E-state index >= 15 is 0 Å². The third-order valence-corrected chi connectivity index (χ3v) is 3.87. The van der Waals surface area contributed by atoms with Gasteiger partial charge in [0.2, 0.25) is 0 Å². The van der Waals surface area contributed by atoms with Gasteiger partial charge in [-0.1, -0.05) is 24.3 Å². The molecule has 0 aromatic heterocycles. The van der Waals surface area contributed by atoms with Crippen LogP contribution in [-0.4, -0.2) is 6.61 Å². The number of ether oxygens (including phenoxy) is 1. The molecule has 0 N–H and O–H groups in total. The molecular weight excluding hydrogens is 359 g/mol. The molecule has 1 unspecified atom stereocenters. The van der Waals surface area contributed by atoms with Crippen molar-refractivity contribution in [2.24, 2.45) is 0 Å². The summed E-state index contributed by atoms with van der Waals surface area (Å²) < 4.78 is 6.63. The van der Waals surface area contributed by atoms with Crippen LogP contribution < -0.4 is 4.74 Å². The van der Waals surface area contributed by atoms with E-state index in [-0.39, 0.29) is 5.38 Å². The van der Waals surface area contributed by atoms with Crippen molar-refractivity contribution in [3.8, 4) is 5.75 Å². The fourth-order valence-corrected chi connectivity index (χ4v) is 2.37. The number of benzene rings is 2. The molecule has 2 aromatic carbocycles. The van der Waals surface area contributed by atoms with Gasteiger partial charge in [0.25, 0.3) is 0 Å². The Morgan fingerprint density at radius 2 is 1.50 bits per heavy atom. The standard InChI is InChI=1S/C15H14ClIO/c1-2-18-14-9-5-12(6-10-14)15(16)11-3-7-13(17)8-4-11/h3-10,15H,2H2,1H3. The maximum Gasteiger partial charge on any atom is 0.119 e. The van der Waals surface area contributed by atoms with Gasteiger partial charge in [-0.3, -0.25) is 0 Å². The summed E-state index contributed by atoms with van der Waals surface area (Å²) in [7, 11) is 0. The van der Waals surface area contributed by atoms with Gasteiger partial charge in [-0.2, -0.15) is 0 Å². The zero-order valence-electron chi connectivity index (χ0n) is 10.1. The molecule has 0 aliphatic carbocycles. The highest BCUT2D eigenvalue weighted by atomic mass is 127. The monoisotopic (exact) mass is 372 g/mol. The first-order chi connectivity index (χ1) is 8.70. The number of halogens is 2. The first-order valence-electron chi connectivity index (χ1n) is 5.83. The van der Waals surface area contributed by atoms with Crippen molar-refractivity contribution < 1.29 is 4.74 Å². The summed E-state index contributed by atoms with van der Waals surface area (Å²) in [6, 6.07) is 16.2. The Balaban J connectivity index is 2.17. The molecule has 18 heavy (non-hydrogen) atoms. The molecule has 2 aromatic rings. The van der Waals surface area contributed by atoms with Gasteiger partial charge in [-0.25, -0.2) is 0 Å². The van der Waals surface area contributed by atoms with Crippen molar-refractivity contribution in [3.63, 3.8) is 0 Å². The Morgan fingerprint density at radius 1 is 1.00 bits per heavy atom. The molecule has 0 radical (unpaired) electrons. The smallest absolute Gasteiger partial charge is 0.119 e. The van der Waals surface area contributed by atoms with Crippen LogP contribution in [0.4, 0.5) is 0 Å². The summed E-state index contributed by atoms with van der Waals surface area (Å²) in [5.41, 5.74) is 2.20. The van der Waals surface area contributed by atoms with E-state index in [1.165, 1.54) is 3.57 Å². The molecule has 0 saturated carbocycles. The predicted molar refractivity (Wildman–Crippen MR) is 84.5 cm³/mol. The highest BCUT2D eigenvalue weighted by Gasteiger charge is 2.10. The van der Waals surface area contributed by atoms with Gasteiger partial charge in [0, 0.05) is 3.57 Å². The van der Waals surface area contributed by atoms with Crippen LogP contribution >= 0.6 is 34.2 Å². The summed E-state index contributed by atoms with van der Waals surface area (Å²) in [5, 5.41) is -0.113. The lowest BCUT2D eigenvalue weighted by Gasteiger charge is -2.11. The van der Waals surface area contributed by atoms with E-state index in [9.17, 15) is 0 Å². The fraction of sp³-hybridized carbons (Fsp3) is 0.200. The summed E-state index contributed by atoms with van der Waals surface area (Å²) in [6.07, 6.45) is 0. The van der Waals surface area contributed by atoms with Gasteiger partial charge in [0.1, 0.15) is 5.75 Å². The van der Waals surface area contributed by atoms with Crippen molar-refractivity contribution in [1.29, 1.82) is 0 Å². The minimum absolute atomic E-state index is 0.113. The lowest BCUT2D eigenvalue weighted by molar-refractivity contribution is 0.340. The predicted octanol–water partition coefficient (Wildman–Crippen LogP) is 5.02. The molecule has 0 fully saturated rings. The van der Waals surface area contributed by atoms with E-state index in [2.05, 4.69) is 46.9 Å². The second kappa shape index (κ2) is 6.43. The number of alkyl halides is 1. The van der Waals surface area contributed by atoms with Crippen LogP contribution in [0.15, 0.2) is 48.5 Å². The number of hydrogen-bond acceptors (Lipinski definition) is 1. The summed E-state index contributed by atoms with van der Waals surface area (Å²) in [6.45, 7) is 2.66. The van der Waals surface area contributed by atoms with Crippen LogP contribution in [0.1, 0.15) is 23.4 Å². The van der Waals surface area contributed by atoms with Crippen molar-refractivity contribution in [2.75, 3.05) is 6.61 Å². The molecule has 2 rings (SSSR count). The molecule has 3 heteroatoms. The molecule has 1 atom stereocenters. The van der Waals surface area contributed by atoms with Gasteiger partial charge in [0.05, 0.1) is 12.0 Å². The third-order valence-electron chi connectivity index (χ3n) is 2.65. The molecular formula is C15H14ClIO. The van der Waals surface area contributed by atoms with Crippen LogP contribution in [0.3, 0.4) is 0 Å². The van der Waals surface area contributed by atoms with Gasteiger partial charge < -0.3 is 4.74 Å². The molecule has 0 saturated heterocycles. The Labute approximate surface area is 126 Å². The van der Waals surface area contributed by atoms with E-state index in [1.807, 2.05) is 31.2 Å². The highest BCUT2D eigenvalue weighted by molar-refractivity contribution is 14.1. The molecule has 94 valence electrons. The van der Waals surface area contributed by atoms with Crippen LogP contribution in [0, 0.1) is 3.57 Å². The zero-order chi connectivity index (χ0) is 13.0. The Hall–Kier alpha value is -0.740. The van der Waals surface area contributed by atoms with Gasteiger partial charge in [0.15, 0.2) is 0 Å². The van der Waals surface area contributed by atoms with E-state index in [4.69, 9.17) is 16.3 Å². The van der Waals surface area contributed by atoms with Gasteiger partial charge in [-0.05, 0) is 64.9 Å². The maximum atomic E-state index is 6.47. The highest BCUT2D eigenvalue weighted by Crippen LogP contribution is 2.30. The van der Waals surface area contributed by atoms with Crippen LogP contribution in [-0.2, 0) is 0 Å². The summed E-state index contributed by atoms with van der Waals surface area (Å²) >= 11 is 8.76. The molecule has 0 spiro atoms. The molecule has 1 nitrogen and oxygen atoms in total. The Kier molecular flexibility index (Phi) is 4.89. The van der Waals surface area contributed by atoms with E-state index in [1.54, 1.807) is 0 Å². The van der Waals surface area contributed by atoms with Crippen LogP contribution in [0.5, 0.6) is 5.75 Å². The first-order valence-corrected chi connectivity index (χ1v) is 7.34. The lowest BCUT2D eigenvalue weighted by Crippen LogP contribution is -1.95. The second-order valence-corrected chi connectivity index (χ2v) is 5.60. The minimum Gasteiger partial charge on any atom is -0.494 e. The largest absolute Gasteiger partial charge is 0.494 e. The normalized spacial score (nSPS) is 12.2. The second-order valence-electron chi connectivity index (χ2n) is 3.92. The average molecular weight is 373 g/mol. The van der Waals surface area contributed by atoms with E-state index in [0.29, 0.717) is 6.61 Å². The fourth-order valence-electron chi connectivity index (χ4n) is 1.72. The SMILES string of the molecule is CCOc1ccc(C(Cl)c2ccc(I)cc2)cc1. The molecule has 0 aliphatic heterocycles. The first kappa shape index (κ1) is 13.7. The average Bonchev–Trinajstić information content (AvgIpc) is 2.40. The zero-order valence-corrected chi connectivity index (χ0v) is 13.0. The molecule has 0 aliphatic rings. The maximum absolute atomic E-state index is 6.47.